The number of fused-ring (bicyclic) bond motifs is 3. The van der Waals surface area contributed by atoms with E-state index < -0.39 is 0 Å². The van der Waals surface area contributed by atoms with Gasteiger partial charge >= 0.3 is 0 Å². The minimum absolute atomic E-state index is 0.0129. The highest BCUT2D eigenvalue weighted by Gasteiger charge is 2.40. The zero-order valence-corrected chi connectivity index (χ0v) is 15.3. The van der Waals surface area contributed by atoms with Gasteiger partial charge in [0.1, 0.15) is 17.6 Å². The summed E-state index contributed by atoms with van der Waals surface area (Å²) in [5.74, 6) is 1.47. The zero-order chi connectivity index (χ0) is 19.7. The molecule has 2 aromatic rings. The molecule has 2 aliphatic rings. The summed E-state index contributed by atoms with van der Waals surface area (Å²) in [6.45, 7) is 0.0129. The number of methoxy groups -OCH3 is 1. The van der Waals surface area contributed by atoms with Crippen molar-refractivity contribution in [1.29, 1.82) is 5.26 Å². The molecule has 1 heterocycles. The van der Waals surface area contributed by atoms with Gasteiger partial charge in [0, 0.05) is 12.0 Å². The predicted molar refractivity (Wildman–Crippen MR) is 104 cm³/mol. The van der Waals surface area contributed by atoms with Gasteiger partial charge in [0.25, 0.3) is 5.69 Å². The molecule has 28 heavy (non-hydrogen) atoms. The molecule has 0 aromatic heterocycles. The van der Waals surface area contributed by atoms with E-state index in [1.54, 1.807) is 6.07 Å². The van der Waals surface area contributed by atoms with Crippen LogP contribution in [0.4, 0.5) is 11.4 Å². The van der Waals surface area contributed by atoms with Gasteiger partial charge in [-0.15, -0.1) is 0 Å². The SMILES string of the molecule is COc1cc([N+](=O)[O-])cc2c1N[C@H](c1ccc(OCC#N)cc1)[C@H]1CC=C[C@H]21. The number of rotatable bonds is 5. The van der Waals surface area contributed by atoms with Crippen molar-refractivity contribution in [2.75, 3.05) is 19.0 Å². The van der Waals surface area contributed by atoms with Gasteiger partial charge in [-0.1, -0.05) is 24.3 Å². The van der Waals surface area contributed by atoms with Gasteiger partial charge in [0.05, 0.1) is 29.8 Å². The Balaban J connectivity index is 1.72. The Kier molecular flexibility index (Phi) is 4.62. The predicted octanol–water partition coefficient (Wildman–Crippen LogP) is 4.33. The molecule has 0 saturated carbocycles. The average Bonchev–Trinajstić information content (AvgIpc) is 3.21. The van der Waals surface area contributed by atoms with Crippen molar-refractivity contribution in [2.24, 2.45) is 5.92 Å². The first-order valence-corrected chi connectivity index (χ1v) is 9.01. The first kappa shape index (κ1) is 17.9. The topological polar surface area (TPSA) is 97.4 Å². The molecule has 142 valence electrons. The number of ether oxygens (including phenoxy) is 2. The Morgan fingerprint density at radius 2 is 2.11 bits per heavy atom. The lowest BCUT2D eigenvalue weighted by atomic mass is 9.76. The van der Waals surface area contributed by atoms with Crippen LogP contribution >= 0.6 is 0 Å². The monoisotopic (exact) mass is 377 g/mol. The standard InChI is InChI=1S/C21H19N3O4/c1-27-19-12-14(24(25)26)11-18-16-3-2-4-17(16)20(23-21(18)19)13-5-7-15(8-6-13)28-10-9-22/h2-3,5-8,11-12,16-17,20,23H,4,10H2,1H3/t16-,17-,20+/m0/s1. The number of hydrogen-bond acceptors (Lipinski definition) is 6. The van der Waals surface area contributed by atoms with Gasteiger partial charge in [-0.25, -0.2) is 0 Å². The second-order valence-corrected chi connectivity index (χ2v) is 6.86. The summed E-state index contributed by atoms with van der Waals surface area (Å²) >= 11 is 0. The van der Waals surface area contributed by atoms with Gasteiger partial charge in [0.2, 0.25) is 0 Å². The lowest BCUT2D eigenvalue weighted by Gasteiger charge is -2.38. The van der Waals surface area contributed by atoms with Crippen LogP contribution < -0.4 is 14.8 Å². The van der Waals surface area contributed by atoms with Crippen LogP contribution in [0.3, 0.4) is 0 Å². The van der Waals surface area contributed by atoms with Crippen molar-refractivity contribution in [3.63, 3.8) is 0 Å². The van der Waals surface area contributed by atoms with E-state index in [0.29, 0.717) is 11.5 Å². The normalized spacial score (nSPS) is 21.8. The number of nitrogens with zero attached hydrogens (tertiary/aromatic N) is 2. The van der Waals surface area contributed by atoms with E-state index in [-0.39, 0.29) is 35.1 Å². The highest BCUT2D eigenvalue weighted by Crippen LogP contribution is 2.53. The number of allylic oxidation sites excluding steroid dienone is 2. The number of nitrogens with one attached hydrogen (secondary N) is 1. The summed E-state index contributed by atoms with van der Waals surface area (Å²) in [5.41, 5.74) is 2.83. The van der Waals surface area contributed by atoms with Crippen LogP contribution in [0.25, 0.3) is 0 Å². The molecule has 0 radical (unpaired) electrons. The molecule has 0 bridgehead atoms. The summed E-state index contributed by atoms with van der Waals surface area (Å²) in [6, 6.07) is 12.8. The molecule has 0 fully saturated rings. The molecule has 7 nitrogen and oxygen atoms in total. The molecule has 0 spiro atoms. The molecule has 4 rings (SSSR count). The third-order valence-electron chi connectivity index (χ3n) is 5.39. The van der Waals surface area contributed by atoms with Crippen LogP contribution in [-0.2, 0) is 0 Å². The summed E-state index contributed by atoms with van der Waals surface area (Å²) < 4.78 is 10.8. The molecule has 1 aliphatic heterocycles. The average molecular weight is 377 g/mol. The Morgan fingerprint density at radius 3 is 2.79 bits per heavy atom. The van der Waals surface area contributed by atoms with E-state index >= 15 is 0 Å². The first-order valence-electron chi connectivity index (χ1n) is 9.01. The number of anilines is 1. The van der Waals surface area contributed by atoms with Crippen molar-refractivity contribution < 1.29 is 14.4 Å². The first-order chi connectivity index (χ1) is 13.6. The van der Waals surface area contributed by atoms with Crippen LogP contribution in [0.1, 0.15) is 29.5 Å². The Labute approximate surface area is 162 Å². The van der Waals surface area contributed by atoms with Crippen LogP contribution in [0.15, 0.2) is 48.6 Å². The number of nitriles is 1. The molecule has 7 heteroatoms. The van der Waals surface area contributed by atoms with E-state index in [1.165, 1.54) is 13.2 Å². The quantitative estimate of drug-likeness (QED) is 0.473. The molecule has 3 atom stereocenters. The van der Waals surface area contributed by atoms with Crippen LogP contribution in [0.5, 0.6) is 11.5 Å². The number of hydrogen-bond donors (Lipinski definition) is 1. The fourth-order valence-corrected chi connectivity index (χ4v) is 4.14. The Hall–Kier alpha value is -3.53. The maximum atomic E-state index is 11.3. The molecule has 0 unspecified atom stereocenters. The fourth-order valence-electron chi connectivity index (χ4n) is 4.14. The number of non-ortho nitro benzene ring substituents is 1. The Morgan fingerprint density at radius 1 is 1.32 bits per heavy atom. The maximum absolute atomic E-state index is 11.3. The minimum atomic E-state index is -0.386. The maximum Gasteiger partial charge on any atom is 0.273 e. The molecular formula is C21H19N3O4. The van der Waals surface area contributed by atoms with Gasteiger partial charge in [-0.3, -0.25) is 10.1 Å². The van der Waals surface area contributed by atoms with E-state index in [9.17, 15) is 10.1 Å². The number of nitro groups is 1. The second-order valence-electron chi connectivity index (χ2n) is 6.86. The van der Waals surface area contributed by atoms with E-state index in [2.05, 4.69) is 17.5 Å². The highest BCUT2D eigenvalue weighted by molar-refractivity contribution is 5.71. The molecule has 0 saturated heterocycles. The Bertz CT molecular complexity index is 978. The zero-order valence-electron chi connectivity index (χ0n) is 15.3. The van der Waals surface area contributed by atoms with Crippen LogP contribution in [0.2, 0.25) is 0 Å². The summed E-state index contributed by atoms with van der Waals surface area (Å²) in [7, 11) is 1.52. The molecule has 2 aromatic carbocycles. The molecule has 1 N–H and O–H groups in total. The van der Waals surface area contributed by atoms with E-state index in [4.69, 9.17) is 14.7 Å². The third-order valence-corrected chi connectivity index (χ3v) is 5.39. The number of benzene rings is 2. The van der Waals surface area contributed by atoms with Crippen LogP contribution in [0, 0.1) is 27.4 Å². The summed E-state index contributed by atoms with van der Waals surface area (Å²) in [5, 5.41) is 23.5. The van der Waals surface area contributed by atoms with Gasteiger partial charge in [0.15, 0.2) is 6.61 Å². The van der Waals surface area contributed by atoms with Gasteiger partial charge in [-0.05, 0) is 35.6 Å². The van der Waals surface area contributed by atoms with Crippen LogP contribution in [-0.4, -0.2) is 18.6 Å². The van der Waals surface area contributed by atoms with Gasteiger partial charge < -0.3 is 14.8 Å². The lowest BCUT2D eigenvalue weighted by molar-refractivity contribution is -0.385. The molecular weight excluding hydrogens is 358 g/mol. The van der Waals surface area contributed by atoms with E-state index in [1.807, 2.05) is 30.3 Å². The summed E-state index contributed by atoms with van der Waals surface area (Å²) in [6.07, 6.45) is 5.15. The fraction of sp³-hybridized carbons (Fsp3) is 0.286. The third kappa shape index (κ3) is 3.03. The summed E-state index contributed by atoms with van der Waals surface area (Å²) in [4.78, 5) is 10.9. The van der Waals surface area contributed by atoms with Crippen molar-refractivity contribution in [3.05, 3.63) is 69.8 Å². The highest BCUT2D eigenvalue weighted by atomic mass is 16.6. The number of nitro benzene ring substituents is 1. The minimum Gasteiger partial charge on any atom is -0.494 e. The molecule has 0 amide bonds. The van der Waals surface area contributed by atoms with Crippen molar-refractivity contribution >= 4 is 11.4 Å². The van der Waals surface area contributed by atoms with Crippen molar-refractivity contribution in [2.45, 2.75) is 18.4 Å². The lowest BCUT2D eigenvalue weighted by Crippen LogP contribution is -2.29. The second kappa shape index (κ2) is 7.24. The smallest absolute Gasteiger partial charge is 0.273 e. The van der Waals surface area contributed by atoms with Crippen molar-refractivity contribution in [1.82, 2.24) is 0 Å². The van der Waals surface area contributed by atoms with Crippen molar-refractivity contribution in [3.8, 4) is 17.6 Å². The molecule has 1 aliphatic carbocycles. The van der Waals surface area contributed by atoms with Gasteiger partial charge in [-0.2, -0.15) is 5.26 Å². The largest absolute Gasteiger partial charge is 0.494 e. The van der Waals surface area contributed by atoms with E-state index in [0.717, 1.165) is 23.2 Å².